The van der Waals surface area contributed by atoms with Crippen molar-refractivity contribution in [1.82, 2.24) is 0 Å². The number of aryl methyl sites for hydroxylation is 1. The van der Waals surface area contributed by atoms with Crippen LogP contribution < -0.4 is 0 Å². The number of carbonyl (C=O) groups excluding carboxylic acids is 2. The zero-order valence-electron chi connectivity index (χ0n) is 8.20. The van der Waals surface area contributed by atoms with E-state index in [2.05, 4.69) is 4.74 Å². The SMILES string of the molecule is CCc1ccc(C(=O)CC(=O)OC)s1. The second kappa shape index (κ2) is 4.91. The van der Waals surface area contributed by atoms with Gasteiger partial charge in [0.05, 0.1) is 12.0 Å². The van der Waals surface area contributed by atoms with E-state index in [-0.39, 0.29) is 12.2 Å². The number of ketones is 1. The number of carbonyl (C=O) groups is 2. The van der Waals surface area contributed by atoms with Crippen molar-refractivity contribution in [1.29, 1.82) is 0 Å². The van der Waals surface area contributed by atoms with E-state index in [1.165, 1.54) is 18.4 Å². The van der Waals surface area contributed by atoms with Crippen LogP contribution in [0.15, 0.2) is 12.1 Å². The summed E-state index contributed by atoms with van der Waals surface area (Å²) in [5.41, 5.74) is 0. The molecule has 0 radical (unpaired) electrons. The van der Waals surface area contributed by atoms with Crippen LogP contribution in [0.25, 0.3) is 0 Å². The van der Waals surface area contributed by atoms with Gasteiger partial charge in [-0.25, -0.2) is 0 Å². The smallest absolute Gasteiger partial charge is 0.313 e. The average Bonchev–Trinajstić information content (AvgIpc) is 2.65. The molecule has 0 saturated heterocycles. The van der Waals surface area contributed by atoms with E-state index in [4.69, 9.17) is 0 Å². The lowest BCUT2D eigenvalue weighted by atomic mass is 10.2. The van der Waals surface area contributed by atoms with Gasteiger partial charge in [0.1, 0.15) is 6.42 Å². The van der Waals surface area contributed by atoms with E-state index < -0.39 is 5.97 Å². The first-order chi connectivity index (χ1) is 6.67. The van der Waals surface area contributed by atoms with E-state index in [1.807, 2.05) is 13.0 Å². The zero-order valence-corrected chi connectivity index (χ0v) is 9.02. The molecule has 3 nitrogen and oxygen atoms in total. The maximum atomic E-state index is 11.5. The molecule has 0 saturated carbocycles. The second-order valence-electron chi connectivity index (χ2n) is 2.80. The number of hydrogen-bond donors (Lipinski definition) is 0. The second-order valence-corrected chi connectivity index (χ2v) is 3.96. The third-order valence-corrected chi connectivity index (χ3v) is 3.09. The van der Waals surface area contributed by atoms with Gasteiger partial charge in [-0.15, -0.1) is 11.3 Å². The van der Waals surface area contributed by atoms with Crippen molar-refractivity contribution in [3.63, 3.8) is 0 Å². The van der Waals surface area contributed by atoms with E-state index in [0.717, 1.165) is 11.3 Å². The maximum Gasteiger partial charge on any atom is 0.313 e. The largest absolute Gasteiger partial charge is 0.469 e. The van der Waals surface area contributed by atoms with Crippen LogP contribution in [0.5, 0.6) is 0 Å². The van der Waals surface area contributed by atoms with Gasteiger partial charge in [-0.05, 0) is 18.6 Å². The topological polar surface area (TPSA) is 43.4 Å². The maximum absolute atomic E-state index is 11.5. The molecule has 0 aliphatic carbocycles. The van der Waals surface area contributed by atoms with E-state index in [9.17, 15) is 9.59 Å². The van der Waals surface area contributed by atoms with Gasteiger partial charge in [-0.1, -0.05) is 6.92 Å². The molecule has 1 aromatic rings. The molecule has 0 aliphatic heterocycles. The first-order valence-corrected chi connectivity index (χ1v) is 5.17. The first kappa shape index (κ1) is 10.9. The molecule has 0 spiro atoms. The van der Waals surface area contributed by atoms with Gasteiger partial charge in [-0.2, -0.15) is 0 Å². The van der Waals surface area contributed by atoms with Crippen LogP contribution in [0.2, 0.25) is 0 Å². The first-order valence-electron chi connectivity index (χ1n) is 4.36. The van der Waals surface area contributed by atoms with Crippen molar-refractivity contribution in [2.24, 2.45) is 0 Å². The number of methoxy groups -OCH3 is 1. The molecule has 0 aromatic carbocycles. The molecular formula is C10H12O3S. The molecule has 0 bridgehead atoms. The fraction of sp³-hybridized carbons (Fsp3) is 0.400. The van der Waals surface area contributed by atoms with Crippen LogP contribution >= 0.6 is 11.3 Å². The minimum absolute atomic E-state index is 0.165. The zero-order chi connectivity index (χ0) is 10.6. The van der Waals surface area contributed by atoms with Gasteiger partial charge in [-0.3, -0.25) is 9.59 Å². The molecule has 1 heterocycles. The summed E-state index contributed by atoms with van der Waals surface area (Å²) in [6, 6.07) is 3.67. The summed E-state index contributed by atoms with van der Waals surface area (Å²) < 4.78 is 4.42. The highest BCUT2D eigenvalue weighted by molar-refractivity contribution is 7.14. The minimum Gasteiger partial charge on any atom is -0.469 e. The number of esters is 1. The van der Waals surface area contributed by atoms with Crippen molar-refractivity contribution in [3.05, 3.63) is 21.9 Å². The van der Waals surface area contributed by atoms with Crippen LogP contribution in [0.3, 0.4) is 0 Å². The number of ether oxygens (including phenoxy) is 1. The number of Topliss-reactive ketones (excluding diaryl/α,β-unsaturated/α-hetero) is 1. The van der Waals surface area contributed by atoms with Crippen LogP contribution in [0.1, 0.15) is 27.9 Å². The van der Waals surface area contributed by atoms with Crippen LogP contribution in [-0.2, 0) is 16.0 Å². The molecule has 0 N–H and O–H groups in total. The van der Waals surface area contributed by atoms with Crippen molar-refractivity contribution in [3.8, 4) is 0 Å². The Bertz CT molecular complexity index is 341. The average molecular weight is 212 g/mol. The lowest BCUT2D eigenvalue weighted by Gasteiger charge is -1.95. The highest BCUT2D eigenvalue weighted by atomic mass is 32.1. The van der Waals surface area contributed by atoms with Gasteiger partial charge < -0.3 is 4.74 Å². The molecule has 0 atom stereocenters. The minimum atomic E-state index is -0.485. The molecule has 0 fully saturated rings. The molecule has 1 aromatic heterocycles. The van der Waals surface area contributed by atoms with Gasteiger partial charge >= 0.3 is 5.97 Å². The van der Waals surface area contributed by atoms with Gasteiger partial charge in [0.15, 0.2) is 5.78 Å². The summed E-state index contributed by atoms with van der Waals surface area (Å²) in [7, 11) is 1.28. The molecule has 76 valence electrons. The number of thiophene rings is 1. The number of hydrogen-bond acceptors (Lipinski definition) is 4. The molecule has 14 heavy (non-hydrogen) atoms. The molecule has 4 heteroatoms. The van der Waals surface area contributed by atoms with Crippen molar-refractivity contribution in [2.75, 3.05) is 7.11 Å². The predicted molar refractivity (Wildman–Crippen MR) is 54.7 cm³/mol. The van der Waals surface area contributed by atoms with E-state index >= 15 is 0 Å². The lowest BCUT2D eigenvalue weighted by molar-refractivity contribution is -0.139. The van der Waals surface area contributed by atoms with Crippen molar-refractivity contribution in [2.45, 2.75) is 19.8 Å². The standard InChI is InChI=1S/C10H12O3S/c1-3-7-4-5-9(14-7)8(11)6-10(12)13-2/h4-5H,3,6H2,1-2H3. The summed E-state index contributed by atoms with van der Waals surface area (Å²) in [6.45, 7) is 2.03. The van der Waals surface area contributed by atoms with Crippen molar-refractivity contribution < 1.29 is 14.3 Å². The monoisotopic (exact) mass is 212 g/mol. The lowest BCUT2D eigenvalue weighted by Crippen LogP contribution is -2.07. The van der Waals surface area contributed by atoms with Gasteiger partial charge in [0, 0.05) is 4.88 Å². The summed E-state index contributed by atoms with van der Waals surface area (Å²) >= 11 is 1.44. The Hall–Kier alpha value is -1.16. The van der Waals surface area contributed by atoms with E-state index in [0.29, 0.717) is 4.88 Å². The van der Waals surface area contributed by atoms with Crippen molar-refractivity contribution >= 4 is 23.1 Å². The molecule has 0 unspecified atom stereocenters. The fourth-order valence-corrected chi connectivity index (χ4v) is 1.89. The Morgan fingerprint density at radius 1 is 1.43 bits per heavy atom. The number of rotatable bonds is 4. The van der Waals surface area contributed by atoms with Crippen LogP contribution in [-0.4, -0.2) is 18.9 Å². The fourth-order valence-electron chi connectivity index (χ4n) is 1.01. The predicted octanol–water partition coefficient (Wildman–Crippen LogP) is 2.06. The van der Waals surface area contributed by atoms with Gasteiger partial charge in [0.25, 0.3) is 0 Å². The summed E-state index contributed by atoms with van der Waals surface area (Å²) in [5.74, 6) is -0.650. The normalized spacial score (nSPS) is 9.86. The highest BCUT2D eigenvalue weighted by Crippen LogP contribution is 2.18. The summed E-state index contributed by atoms with van der Waals surface area (Å²) in [4.78, 5) is 24.1. The third-order valence-electron chi connectivity index (χ3n) is 1.82. The van der Waals surface area contributed by atoms with Gasteiger partial charge in [0.2, 0.25) is 0 Å². The summed E-state index contributed by atoms with van der Waals surface area (Å²) in [5, 5.41) is 0. The highest BCUT2D eigenvalue weighted by Gasteiger charge is 2.13. The Morgan fingerprint density at radius 3 is 2.64 bits per heavy atom. The van der Waals surface area contributed by atoms with Crippen LogP contribution in [0, 0.1) is 0 Å². The Kier molecular flexibility index (Phi) is 3.83. The molecule has 1 rings (SSSR count). The summed E-state index contributed by atoms with van der Waals surface area (Å²) in [6.07, 6.45) is 0.746. The Labute approximate surface area is 86.7 Å². The molecule has 0 amide bonds. The van der Waals surface area contributed by atoms with E-state index in [1.54, 1.807) is 6.07 Å². The molecular weight excluding hydrogens is 200 g/mol. The Morgan fingerprint density at radius 2 is 2.14 bits per heavy atom. The molecule has 0 aliphatic rings. The van der Waals surface area contributed by atoms with Crippen LogP contribution in [0.4, 0.5) is 0 Å². The Balaban J connectivity index is 2.65. The quantitative estimate of drug-likeness (QED) is 0.436. The third kappa shape index (κ3) is 2.67.